The van der Waals surface area contributed by atoms with Gasteiger partial charge in [-0.2, -0.15) is 10.2 Å². The minimum atomic E-state index is -0.964. The molecule has 3 aromatic carbocycles. The number of rotatable bonds is 4. The summed E-state index contributed by atoms with van der Waals surface area (Å²) in [4.78, 5) is 16.4. The van der Waals surface area contributed by atoms with Gasteiger partial charge in [-0.1, -0.05) is 41.9 Å². The number of nitrogens with zero attached hydrogens (tertiary/aromatic N) is 6. The average molecular weight is 771 g/mol. The van der Waals surface area contributed by atoms with E-state index in [9.17, 15) is 9.90 Å². The molecule has 3 aromatic heterocycles. The van der Waals surface area contributed by atoms with Crippen LogP contribution in [0.3, 0.4) is 0 Å². The summed E-state index contributed by atoms with van der Waals surface area (Å²) >= 11 is 10.6. The predicted octanol–water partition coefficient (Wildman–Crippen LogP) is 7.97. The van der Waals surface area contributed by atoms with E-state index < -0.39 is 5.97 Å². The molecule has 0 radical (unpaired) electrons. The molecule has 1 saturated heterocycles. The molecule has 276 valence electrons. The molecule has 1 fully saturated rings. The Morgan fingerprint density at radius 2 is 1.77 bits per heavy atom. The van der Waals surface area contributed by atoms with Crippen molar-refractivity contribution in [1.82, 2.24) is 29.0 Å². The van der Waals surface area contributed by atoms with Gasteiger partial charge in [0.05, 0.1) is 48.3 Å². The molecule has 8 bridgehead atoms. The van der Waals surface area contributed by atoms with Crippen molar-refractivity contribution in [3.05, 3.63) is 93.7 Å². The molecule has 5 heterocycles. The van der Waals surface area contributed by atoms with E-state index in [1.807, 2.05) is 43.9 Å². The number of carboxylic acid groups (broad SMARTS) is 1. The summed E-state index contributed by atoms with van der Waals surface area (Å²) in [6, 6.07) is 18.8. The quantitative estimate of drug-likeness (QED) is 0.191. The Morgan fingerprint density at radius 3 is 2.60 bits per heavy atom. The fraction of sp³-hybridized carbons (Fsp3) is 0.375. The van der Waals surface area contributed by atoms with Gasteiger partial charge in [0.2, 0.25) is 0 Å². The molecular formula is C40H43ClN6O4S2. The monoisotopic (exact) mass is 770 g/mol. The van der Waals surface area contributed by atoms with Crippen molar-refractivity contribution in [2.24, 2.45) is 14.1 Å². The second-order valence-corrected chi connectivity index (χ2v) is 16.2. The van der Waals surface area contributed by atoms with Gasteiger partial charge < -0.3 is 19.1 Å². The highest BCUT2D eigenvalue weighted by molar-refractivity contribution is 7.98. The van der Waals surface area contributed by atoms with Crippen LogP contribution in [0.5, 0.6) is 5.75 Å². The number of hydrogen-bond donors (Lipinski definition) is 1. The molecule has 0 saturated carbocycles. The Bertz CT molecular complexity index is 2330. The van der Waals surface area contributed by atoms with E-state index in [-0.39, 0.29) is 5.69 Å². The minimum absolute atomic E-state index is 0.270. The Morgan fingerprint density at radius 1 is 0.943 bits per heavy atom. The van der Waals surface area contributed by atoms with E-state index in [0.717, 1.165) is 117 Å². The summed E-state index contributed by atoms with van der Waals surface area (Å²) in [6.07, 6.45) is 1.18. The number of thioether (sulfide) groups is 2. The Hall–Kier alpha value is -3.94. The number of halogens is 1. The maximum absolute atomic E-state index is 12.8. The van der Waals surface area contributed by atoms with Crippen LogP contribution in [0.2, 0.25) is 5.02 Å². The second-order valence-electron chi connectivity index (χ2n) is 13.7. The van der Waals surface area contributed by atoms with Crippen LogP contribution in [-0.4, -0.2) is 79.6 Å². The van der Waals surface area contributed by atoms with Gasteiger partial charge in [0.1, 0.15) is 11.4 Å². The van der Waals surface area contributed by atoms with Crippen molar-refractivity contribution in [3.63, 3.8) is 0 Å². The first kappa shape index (κ1) is 36.1. The molecule has 0 spiro atoms. The molecule has 0 amide bonds. The number of aromatic carboxylic acids is 1. The number of aryl methyl sites for hydroxylation is 3. The SMILES string of the molecule is Cc1c2c(nn1C)CSCc1cc(n(CCN3CCOCC3)n1)CSc1cc(c3ccccc3c1)OCCCc1c(C(=O)O)n(C)c3c-2c(Cl)ccc13. The normalized spacial score (nSPS) is 16.1. The molecule has 0 atom stereocenters. The van der Waals surface area contributed by atoms with E-state index in [1.165, 1.54) is 5.69 Å². The van der Waals surface area contributed by atoms with Crippen molar-refractivity contribution < 1.29 is 19.4 Å². The third-order valence-corrected chi connectivity index (χ3v) is 12.7. The molecule has 10 nitrogen and oxygen atoms in total. The standard InChI is InChI=1S/C40H43ClN6O4S2/c1-25-36-34(43-45(25)3)24-52-22-27-20-28(47(42-27)13-12-46-14-17-50-18-15-46)23-53-29-19-26-7-4-5-8-30(26)35(21-29)51-16-6-9-31-32-10-11-33(41)37(36)38(32)44(2)39(31)40(48)49/h4-5,7-8,10-11,19-21H,6,9,12-18,22-24H2,1-3H3,(H,48,49). The molecule has 0 unspecified atom stereocenters. The fourth-order valence-corrected chi connectivity index (χ4v) is 9.76. The van der Waals surface area contributed by atoms with Gasteiger partial charge in [0.25, 0.3) is 0 Å². The van der Waals surface area contributed by atoms with Crippen molar-refractivity contribution in [1.29, 1.82) is 0 Å². The molecule has 53 heavy (non-hydrogen) atoms. The third kappa shape index (κ3) is 7.19. The van der Waals surface area contributed by atoms with E-state index in [4.69, 9.17) is 31.3 Å². The van der Waals surface area contributed by atoms with Crippen LogP contribution in [0.4, 0.5) is 0 Å². The van der Waals surface area contributed by atoms with Crippen LogP contribution < -0.4 is 4.74 Å². The third-order valence-electron chi connectivity index (χ3n) is 10.4. The van der Waals surface area contributed by atoms with E-state index in [0.29, 0.717) is 30.2 Å². The summed E-state index contributed by atoms with van der Waals surface area (Å²) in [5.74, 6) is 2.02. The highest BCUT2D eigenvalue weighted by Crippen LogP contribution is 2.43. The highest BCUT2D eigenvalue weighted by Gasteiger charge is 2.27. The molecule has 6 aromatic rings. The fourth-order valence-electron chi connectivity index (χ4n) is 7.72. The van der Waals surface area contributed by atoms with E-state index in [2.05, 4.69) is 46.0 Å². The van der Waals surface area contributed by atoms with E-state index in [1.54, 1.807) is 28.1 Å². The topological polar surface area (TPSA) is 99.6 Å². The molecule has 0 aliphatic carbocycles. The van der Waals surface area contributed by atoms with Crippen LogP contribution in [0.1, 0.15) is 45.2 Å². The van der Waals surface area contributed by atoms with E-state index >= 15 is 0 Å². The van der Waals surface area contributed by atoms with Crippen molar-refractivity contribution in [2.45, 2.75) is 48.5 Å². The number of carbonyl (C=O) groups is 1. The number of fused-ring (bicyclic) bond motifs is 8. The lowest BCUT2D eigenvalue weighted by molar-refractivity contribution is 0.0359. The zero-order chi connectivity index (χ0) is 36.6. The number of aromatic nitrogens is 5. The summed E-state index contributed by atoms with van der Waals surface area (Å²) in [6.45, 7) is 7.66. The summed E-state index contributed by atoms with van der Waals surface area (Å²) in [7, 11) is 3.77. The number of benzene rings is 3. The van der Waals surface area contributed by atoms with Gasteiger partial charge in [0.15, 0.2) is 0 Å². The van der Waals surface area contributed by atoms with Crippen molar-refractivity contribution in [3.8, 4) is 16.9 Å². The lowest BCUT2D eigenvalue weighted by Crippen LogP contribution is -2.38. The minimum Gasteiger partial charge on any atom is -0.493 e. The number of morpholine rings is 1. The predicted molar refractivity (Wildman–Crippen MR) is 214 cm³/mol. The first-order valence-electron chi connectivity index (χ1n) is 18.0. The van der Waals surface area contributed by atoms with Gasteiger partial charge in [-0.3, -0.25) is 14.3 Å². The van der Waals surface area contributed by atoms with Crippen LogP contribution in [0.15, 0.2) is 59.5 Å². The Labute approximate surface area is 322 Å². The first-order valence-corrected chi connectivity index (χ1v) is 20.6. The van der Waals surface area contributed by atoms with Gasteiger partial charge in [0, 0.05) is 89.2 Å². The van der Waals surface area contributed by atoms with Crippen LogP contribution in [0, 0.1) is 6.92 Å². The lowest BCUT2D eigenvalue weighted by atomic mass is 9.98. The molecule has 2 aliphatic heterocycles. The number of carboxylic acids is 1. The second kappa shape index (κ2) is 15.4. The molecule has 1 N–H and O–H groups in total. The van der Waals surface area contributed by atoms with Gasteiger partial charge in [-0.05, 0) is 55.0 Å². The maximum atomic E-state index is 12.8. The Kier molecular flexibility index (Phi) is 10.5. The van der Waals surface area contributed by atoms with Crippen molar-refractivity contribution >= 4 is 62.8 Å². The van der Waals surface area contributed by atoms with Crippen LogP contribution >= 0.6 is 35.1 Å². The maximum Gasteiger partial charge on any atom is 0.352 e. The van der Waals surface area contributed by atoms with Gasteiger partial charge >= 0.3 is 5.97 Å². The first-order chi connectivity index (χ1) is 25.8. The highest BCUT2D eigenvalue weighted by atomic mass is 35.5. The van der Waals surface area contributed by atoms with Crippen molar-refractivity contribution in [2.75, 3.05) is 39.5 Å². The smallest absolute Gasteiger partial charge is 0.352 e. The summed E-state index contributed by atoms with van der Waals surface area (Å²) < 4.78 is 18.0. The molecule has 2 aliphatic rings. The average Bonchev–Trinajstić information content (AvgIpc) is 3.78. The summed E-state index contributed by atoms with van der Waals surface area (Å²) in [5.41, 5.74) is 7.75. The van der Waals surface area contributed by atoms with Crippen LogP contribution in [0.25, 0.3) is 32.8 Å². The van der Waals surface area contributed by atoms with Crippen LogP contribution in [-0.2, 0) is 49.1 Å². The number of hydrogen-bond acceptors (Lipinski definition) is 8. The zero-order valence-electron chi connectivity index (χ0n) is 30.2. The Balaban J connectivity index is 1.21. The molecular weight excluding hydrogens is 728 g/mol. The number of ether oxygens (including phenoxy) is 2. The zero-order valence-corrected chi connectivity index (χ0v) is 32.6. The summed E-state index contributed by atoms with van der Waals surface area (Å²) in [5, 5.41) is 24.2. The lowest BCUT2D eigenvalue weighted by Gasteiger charge is -2.26. The van der Waals surface area contributed by atoms with Gasteiger partial charge in [-0.25, -0.2) is 4.79 Å². The van der Waals surface area contributed by atoms with Gasteiger partial charge in [-0.15, -0.1) is 23.5 Å². The molecule has 8 rings (SSSR count). The largest absolute Gasteiger partial charge is 0.493 e. The molecule has 13 heteroatoms.